The minimum absolute atomic E-state index is 0. The molecule has 1 fully saturated rings. The van der Waals surface area contributed by atoms with Crippen molar-refractivity contribution in [3.63, 3.8) is 0 Å². The molecular formula is C13H24Cl2N4O. The zero-order chi connectivity index (χ0) is 13.3. The lowest BCUT2D eigenvalue weighted by atomic mass is 10.1. The first-order valence-corrected chi connectivity index (χ1v) is 6.54. The van der Waals surface area contributed by atoms with Crippen LogP contribution in [-0.2, 0) is 4.79 Å². The van der Waals surface area contributed by atoms with Crippen molar-refractivity contribution in [2.75, 3.05) is 19.6 Å². The molecule has 1 aliphatic rings. The van der Waals surface area contributed by atoms with Crippen LogP contribution >= 0.6 is 24.8 Å². The molecule has 0 bridgehead atoms. The third kappa shape index (κ3) is 3.87. The zero-order valence-corrected chi connectivity index (χ0v) is 14.1. The van der Waals surface area contributed by atoms with Crippen LogP contribution in [0.4, 0.5) is 0 Å². The molecule has 7 heteroatoms. The number of nitrogens with zero attached hydrogens (tertiary/aromatic N) is 3. The van der Waals surface area contributed by atoms with Crippen molar-refractivity contribution in [1.29, 1.82) is 0 Å². The second-order valence-electron chi connectivity index (χ2n) is 5.13. The Morgan fingerprint density at radius 1 is 1.45 bits per heavy atom. The number of carbonyl (C=O) groups is 1. The van der Waals surface area contributed by atoms with Gasteiger partial charge < -0.3 is 10.2 Å². The van der Waals surface area contributed by atoms with Crippen LogP contribution in [0.1, 0.15) is 31.3 Å². The van der Waals surface area contributed by atoms with Gasteiger partial charge in [-0.25, -0.2) is 0 Å². The Kier molecular flexibility index (Phi) is 7.55. The lowest BCUT2D eigenvalue weighted by Gasteiger charge is -2.35. The molecule has 2 rings (SSSR count). The summed E-state index contributed by atoms with van der Waals surface area (Å²) in [5.74, 6) is 0.162. The molecule has 1 aromatic heterocycles. The van der Waals surface area contributed by atoms with Crippen LogP contribution in [0.5, 0.6) is 0 Å². The predicted octanol–water partition coefficient (Wildman–Crippen LogP) is 1.72. The first-order chi connectivity index (χ1) is 8.50. The highest BCUT2D eigenvalue weighted by molar-refractivity contribution is 5.85. The lowest BCUT2D eigenvalue weighted by molar-refractivity contribution is -0.137. The Morgan fingerprint density at radius 3 is 2.60 bits per heavy atom. The highest BCUT2D eigenvalue weighted by Crippen LogP contribution is 2.16. The van der Waals surface area contributed by atoms with Crippen molar-refractivity contribution in [2.45, 2.75) is 39.8 Å². The quantitative estimate of drug-likeness (QED) is 0.902. The first-order valence-electron chi connectivity index (χ1n) is 6.54. The van der Waals surface area contributed by atoms with E-state index in [4.69, 9.17) is 0 Å². The molecule has 1 N–H and O–H groups in total. The van der Waals surface area contributed by atoms with Crippen LogP contribution in [0.2, 0.25) is 0 Å². The molecule has 5 nitrogen and oxygen atoms in total. The number of piperazine rings is 1. The minimum Gasteiger partial charge on any atom is -0.336 e. The topological polar surface area (TPSA) is 50.2 Å². The van der Waals surface area contributed by atoms with Gasteiger partial charge in [0, 0.05) is 31.4 Å². The van der Waals surface area contributed by atoms with Gasteiger partial charge in [-0.05, 0) is 33.8 Å². The molecule has 0 aliphatic carbocycles. The smallest absolute Gasteiger partial charge is 0.247 e. The minimum atomic E-state index is -0.223. The van der Waals surface area contributed by atoms with Crippen LogP contribution in [0.25, 0.3) is 0 Å². The van der Waals surface area contributed by atoms with E-state index in [0.29, 0.717) is 0 Å². The second kappa shape index (κ2) is 7.86. The van der Waals surface area contributed by atoms with Gasteiger partial charge in [0.2, 0.25) is 5.91 Å². The summed E-state index contributed by atoms with van der Waals surface area (Å²) in [6, 6.07) is 2.04. The summed E-state index contributed by atoms with van der Waals surface area (Å²) >= 11 is 0. The molecule has 1 saturated heterocycles. The molecule has 1 unspecified atom stereocenters. The molecule has 116 valence electrons. The van der Waals surface area contributed by atoms with Crippen molar-refractivity contribution < 1.29 is 4.79 Å². The lowest BCUT2D eigenvalue weighted by Crippen LogP contribution is -2.53. The van der Waals surface area contributed by atoms with E-state index in [0.717, 1.165) is 31.0 Å². The number of hydrogen-bond donors (Lipinski definition) is 1. The van der Waals surface area contributed by atoms with Gasteiger partial charge in [0.25, 0.3) is 0 Å². The average molecular weight is 323 g/mol. The highest BCUT2D eigenvalue weighted by Gasteiger charge is 2.28. The van der Waals surface area contributed by atoms with Gasteiger partial charge >= 0.3 is 0 Å². The van der Waals surface area contributed by atoms with E-state index in [-0.39, 0.29) is 42.8 Å². The Balaban J connectivity index is 0.00000180. The molecule has 20 heavy (non-hydrogen) atoms. The summed E-state index contributed by atoms with van der Waals surface area (Å²) in [6.07, 6.45) is 0. The maximum atomic E-state index is 12.5. The molecule has 0 spiro atoms. The van der Waals surface area contributed by atoms with Gasteiger partial charge in [-0.2, -0.15) is 5.10 Å². The molecule has 2 atom stereocenters. The summed E-state index contributed by atoms with van der Waals surface area (Å²) in [6.45, 7) is 10.5. The highest BCUT2D eigenvalue weighted by atomic mass is 35.5. The van der Waals surface area contributed by atoms with Crippen LogP contribution in [0.3, 0.4) is 0 Å². The average Bonchev–Trinajstić information content (AvgIpc) is 2.67. The number of rotatable bonds is 2. The van der Waals surface area contributed by atoms with Crippen LogP contribution in [0, 0.1) is 13.8 Å². The monoisotopic (exact) mass is 322 g/mol. The van der Waals surface area contributed by atoms with E-state index in [1.54, 1.807) is 0 Å². The fourth-order valence-electron chi connectivity index (χ4n) is 2.55. The third-order valence-corrected chi connectivity index (χ3v) is 3.55. The van der Waals surface area contributed by atoms with Crippen molar-refractivity contribution in [3.8, 4) is 0 Å². The number of halogens is 2. The Labute approximate surface area is 132 Å². The number of amides is 1. The zero-order valence-electron chi connectivity index (χ0n) is 12.4. The van der Waals surface area contributed by atoms with Crippen LogP contribution < -0.4 is 5.32 Å². The molecule has 0 radical (unpaired) electrons. The first kappa shape index (κ1) is 19.2. The van der Waals surface area contributed by atoms with Gasteiger partial charge in [-0.3, -0.25) is 9.48 Å². The van der Waals surface area contributed by atoms with Gasteiger partial charge in [0.1, 0.15) is 6.04 Å². The fourth-order valence-corrected chi connectivity index (χ4v) is 2.55. The molecular weight excluding hydrogens is 299 g/mol. The van der Waals surface area contributed by atoms with E-state index in [2.05, 4.69) is 17.3 Å². The molecule has 1 aliphatic heterocycles. The number of hydrogen-bond acceptors (Lipinski definition) is 3. The number of aryl methyl sites for hydroxylation is 2. The predicted molar refractivity (Wildman–Crippen MR) is 85.0 cm³/mol. The van der Waals surface area contributed by atoms with E-state index in [9.17, 15) is 4.79 Å². The molecule has 2 heterocycles. The Bertz CT molecular complexity index is 450. The second-order valence-corrected chi connectivity index (χ2v) is 5.13. The summed E-state index contributed by atoms with van der Waals surface area (Å²) < 4.78 is 1.83. The van der Waals surface area contributed by atoms with Gasteiger partial charge in [0.05, 0.1) is 5.69 Å². The summed E-state index contributed by atoms with van der Waals surface area (Å²) in [5.41, 5.74) is 2.00. The maximum Gasteiger partial charge on any atom is 0.247 e. The Morgan fingerprint density at radius 2 is 2.10 bits per heavy atom. The molecule has 1 aromatic rings. The summed E-state index contributed by atoms with van der Waals surface area (Å²) in [5, 5.41) is 7.70. The Hall–Kier alpha value is -0.780. The van der Waals surface area contributed by atoms with Crippen molar-refractivity contribution in [2.24, 2.45) is 0 Å². The number of nitrogens with one attached hydrogen (secondary N) is 1. The van der Waals surface area contributed by atoms with E-state index in [1.807, 2.05) is 36.4 Å². The SMILES string of the molecule is Cc1cc(C)n(C(C)C(=O)N2CCNC[C@H]2C)n1.Cl.Cl. The molecule has 0 aromatic carbocycles. The third-order valence-electron chi connectivity index (χ3n) is 3.55. The van der Waals surface area contributed by atoms with Crippen LogP contribution in [0.15, 0.2) is 6.07 Å². The maximum absolute atomic E-state index is 12.5. The van der Waals surface area contributed by atoms with Crippen molar-refractivity contribution in [1.82, 2.24) is 20.0 Å². The normalized spacial score (nSPS) is 19.8. The fraction of sp³-hybridized carbons (Fsp3) is 0.692. The van der Waals surface area contributed by atoms with Gasteiger partial charge in [-0.1, -0.05) is 0 Å². The summed E-state index contributed by atoms with van der Waals surface area (Å²) in [4.78, 5) is 14.5. The largest absolute Gasteiger partial charge is 0.336 e. The summed E-state index contributed by atoms with van der Waals surface area (Å²) in [7, 11) is 0. The molecule has 1 amide bonds. The van der Waals surface area contributed by atoms with E-state index >= 15 is 0 Å². The van der Waals surface area contributed by atoms with Crippen molar-refractivity contribution in [3.05, 3.63) is 17.5 Å². The van der Waals surface area contributed by atoms with Gasteiger partial charge in [0.15, 0.2) is 0 Å². The van der Waals surface area contributed by atoms with E-state index < -0.39 is 0 Å². The van der Waals surface area contributed by atoms with Gasteiger partial charge in [-0.15, -0.1) is 24.8 Å². The number of aromatic nitrogens is 2. The van der Waals surface area contributed by atoms with Crippen molar-refractivity contribution >= 4 is 30.7 Å². The standard InChI is InChI=1S/C13H22N4O.2ClH/c1-9-7-10(2)17(15-9)12(4)13(18)16-6-5-14-8-11(16)3;;/h7,11-12,14H,5-6,8H2,1-4H3;2*1H/t11-,12?;;/m1../s1. The van der Waals surface area contributed by atoms with E-state index in [1.165, 1.54) is 0 Å². The molecule has 0 saturated carbocycles. The number of carbonyl (C=O) groups excluding carboxylic acids is 1. The van der Waals surface area contributed by atoms with Crippen LogP contribution in [-0.4, -0.2) is 46.3 Å².